The lowest BCUT2D eigenvalue weighted by atomic mass is 9.86. The Morgan fingerprint density at radius 3 is 2.53 bits per heavy atom. The molecule has 3 nitrogen and oxygen atoms in total. The van der Waals surface area contributed by atoms with Gasteiger partial charge >= 0.3 is 0 Å². The van der Waals surface area contributed by atoms with E-state index >= 15 is 0 Å². The highest BCUT2D eigenvalue weighted by atomic mass is 35.5. The monoisotopic (exact) mass is 282 g/mol. The Bertz CT molecular complexity index is 440. The zero-order valence-corrected chi connectivity index (χ0v) is 12.9. The fourth-order valence-electron chi connectivity index (χ4n) is 1.77. The Labute approximate surface area is 120 Å². The van der Waals surface area contributed by atoms with Crippen LogP contribution in [0.2, 0.25) is 5.02 Å². The van der Waals surface area contributed by atoms with Crippen LogP contribution in [-0.2, 0) is 11.3 Å². The Hall–Kier alpha value is -1.06. The standard InChI is InChI=1S/C15H23ClN2O/c1-5-18(14(19)13(17)15(2,3)4)10-11-7-6-8-12(16)9-11/h6-9,13H,5,10,17H2,1-4H3/t13-/m0/s1. The van der Waals surface area contributed by atoms with E-state index in [0.717, 1.165) is 5.56 Å². The van der Waals surface area contributed by atoms with Crippen LogP contribution >= 0.6 is 11.6 Å². The number of amides is 1. The predicted octanol–water partition coefficient (Wildman–Crippen LogP) is 3.06. The molecule has 0 spiro atoms. The zero-order chi connectivity index (χ0) is 14.6. The molecule has 0 bridgehead atoms. The third-order valence-electron chi connectivity index (χ3n) is 3.15. The van der Waals surface area contributed by atoms with Crippen LogP contribution in [0, 0.1) is 5.41 Å². The average molecular weight is 283 g/mol. The summed E-state index contributed by atoms with van der Waals surface area (Å²) in [4.78, 5) is 14.1. The van der Waals surface area contributed by atoms with E-state index < -0.39 is 6.04 Å². The van der Waals surface area contributed by atoms with E-state index in [2.05, 4.69) is 0 Å². The zero-order valence-electron chi connectivity index (χ0n) is 12.1. The van der Waals surface area contributed by atoms with Gasteiger partial charge in [0.1, 0.15) is 0 Å². The van der Waals surface area contributed by atoms with Crippen molar-refractivity contribution in [2.75, 3.05) is 6.54 Å². The molecule has 19 heavy (non-hydrogen) atoms. The highest BCUT2D eigenvalue weighted by molar-refractivity contribution is 6.30. The summed E-state index contributed by atoms with van der Waals surface area (Å²) in [6.07, 6.45) is 0. The molecule has 106 valence electrons. The van der Waals surface area contributed by atoms with Gasteiger partial charge in [0.25, 0.3) is 0 Å². The molecule has 1 aromatic rings. The van der Waals surface area contributed by atoms with Gasteiger partial charge in [-0.3, -0.25) is 4.79 Å². The summed E-state index contributed by atoms with van der Waals surface area (Å²) < 4.78 is 0. The molecule has 2 N–H and O–H groups in total. The van der Waals surface area contributed by atoms with Gasteiger partial charge in [0.2, 0.25) is 5.91 Å². The molecule has 1 rings (SSSR count). The Balaban J connectivity index is 2.81. The van der Waals surface area contributed by atoms with E-state index in [1.165, 1.54) is 0 Å². The van der Waals surface area contributed by atoms with Gasteiger partial charge in [0, 0.05) is 18.1 Å². The first-order valence-electron chi connectivity index (χ1n) is 6.54. The number of hydrogen-bond donors (Lipinski definition) is 1. The van der Waals surface area contributed by atoms with E-state index in [4.69, 9.17) is 17.3 Å². The largest absolute Gasteiger partial charge is 0.337 e. The molecule has 0 saturated heterocycles. The maximum absolute atomic E-state index is 12.4. The molecule has 1 amide bonds. The molecule has 0 fully saturated rings. The second-order valence-electron chi connectivity index (χ2n) is 5.83. The van der Waals surface area contributed by atoms with Crippen molar-refractivity contribution in [2.45, 2.75) is 40.3 Å². The van der Waals surface area contributed by atoms with E-state index in [-0.39, 0.29) is 11.3 Å². The van der Waals surface area contributed by atoms with E-state index in [0.29, 0.717) is 18.1 Å². The predicted molar refractivity (Wildman–Crippen MR) is 80.0 cm³/mol. The van der Waals surface area contributed by atoms with Crippen LogP contribution in [0.25, 0.3) is 0 Å². The van der Waals surface area contributed by atoms with Crippen molar-refractivity contribution in [1.82, 2.24) is 4.90 Å². The van der Waals surface area contributed by atoms with E-state index in [9.17, 15) is 4.79 Å². The number of carbonyl (C=O) groups excluding carboxylic acids is 1. The van der Waals surface area contributed by atoms with Crippen LogP contribution in [0.4, 0.5) is 0 Å². The van der Waals surface area contributed by atoms with Crippen molar-refractivity contribution in [3.63, 3.8) is 0 Å². The number of rotatable bonds is 4. The van der Waals surface area contributed by atoms with Crippen molar-refractivity contribution >= 4 is 17.5 Å². The summed E-state index contributed by atoms with van der Waals surface area (Å²) in [6, 6.07) is 7.06. The van der Waals surface area contributed by atoms with Gasteiger partial charge in [-0.15, -0.1) is 0 Å². The van der Waals surface area contributed by atoms with Crippen molar-refractivity contribution < 1.29 is 4.79 Å². The van der Waals surface area contributed by atoms with Crippen molar-refractivity contribution in [2.24, 2.45) is 11.1 Å². The van der Waals surface area contributed by atoms with Crippen molar-refractivity contribution in [3.8, 4) is 0 Å². The third-order valence-corrected chi connectivity index (χ3v) is 3.39. The Morgan fingerprint density at radius 1 is 1.42 bits per heavy atom. The van der Waals surface area contributed by atoms with Gasteiger partial charge in [-0.05, 0) is 30.0 Å². The van der Waals surface area contributed by atoms with Crippen LogP contribution in [0.15, 0.2) is 24.3 Å². The first-order valence-corrected chi connectivity index (χ1v) is 6.92. The third kappa shape index (κ3) is 4.51. The second-order valence-corrected chi connectivity index (χ2v) is 6.26. The van der Waals surface area contributed by atoms with Gasteiger partial charge < -0.3 is 10.6 Å². The molecule has 0 saturated carbocycles. The van der Waals surface area contributed by atoms with Crippen molar-refractivity contribution in [3.05, 3.63) is 34.9 Å². The molecular weight excluding hydrogens is 260 g/mol. The van der Waals surface area contributed by atoms with E-state index in [1.807, 2.05) is 52.0 Å². The molecule has 0 heterocycles. The summed E-state index contributed by atoms with van der Waals surface area (Å²) in [7, 11) is 0. The number of likely N-dealkylation sites (N-methyl/N-ethyl adjacent to an activating group) is 1. The van der Waals surface area contributed by atoms with Crippen LogP contribution in [0.3, 0.4) is 0 Å². The lowest BCUT2D eigenvalue weighted by Crippen LogP contribution is -2.50. The summed E-state index contributed by atoms with van der Waals surface area (Å²) in [5.74, 6) is -0.0185. The minimum Gasteiger partial charge on any atom is -0.337 e. The molecule has 0 aliphatic heterocycles. The molecule has 0 aromatic heterocycles. The summed E-state index contributed by atoms with van der Waals surface area (Å²) >= 11 is 5.96. The maximum atomic E-state index is 12.4. The quantitative estimate of drug-likeness (QED) is 0.922. The topological polar surface area (TPSA) is 46.3 Å². The molecule has 0 aliphatic carbocycles. The summed E-state index contributed by atoms with van der Waals surface area (Å²) in [6.45, 7) is 9.06. The number of nitrogens with zero attached hydrogens (tertiary/aromatic N) is 1. The minimum atomic E-state index is -0.494. The average Bonchev–Trinajstić information content (AvgIpc) is 2.33. The number of benzene rings is 1. The molecule has 0 aliphatic rings. The molecule has 1 atom stereocenters. The van der Waals surface area contributed by atoms with Gasteiger partial charge in [0.15, 0.2) is 0 Å². The van der Waals surface area contributed by atoms with Crippen LogP contribution in [-0.4, -0.2) is 23.4 Å². The molecule has 1 aromatic carbocycles. The normalized spacial score (nSPS) is 13.2. The Kier molecular flexibility index (Phi) is 5.39. The van der Waals surface area contributed by atoms with Crippen LogP contribution in [0.1, 0.15) is 33.3 Å². The first-order chi connectivity index (χ1) is 8.75. The first kappa shape index (κ1) is 16.0. The lowest BCUT2D eigenvalue weighted by Gasteiger charge is -2.31. The fourth-order valence-corrected chi connectivity index (χ4v) is 1.98. The number of hydrogen-bond acceptors (Lipinski definition) is 2. The van der Waals surface area contributed by atoms with Gasteiger partial charge in [0.05, 0.1) is 6.04 Å². The number of nitrogens with two attached hydrogens (primary N) is 1. The number of halogens is 1. The van der Waals surface area contributed by atoms with Gasteiger partial charge in [-0.25, -0.2) is 0 Å². The number of carbonyl (C=O) groups is 1. The van der Waals surface area contributed by atoms with Crippen LogP contribution in [0.5, 0.6) is 0 Å². The highest BCUT2D eigenvalue weighted by Crippen LogP contribution is 2.20. The molecule has 4 heteroatoms. The van der Waals surface area contributed by atoms with E-state index in [1.54, 1.807) is 4.90 Å². The lowest BCUT2D eigenvalue weighted by molar-refractivity contribution is -0.135. The Morgan fingerprint density at radius 2 is 2.05 bits per heavy atom. The molecule has 0 radical (unpaired) electrons. The summed E-state index contributed by atoms with van der Waals surface area (Å²) in [5, 5.41) is 0.682. The molecular formula is C15H23ClN2O. The van der Waals surface area contributed by atoms with Gasteiger partial charge in [-0.1, -0.05) is 44.5 Å². The molecule has 0 unspecified atom stereocenters. The highest BCUT2D eigenvalue weighted by Gasteiger charge is 2.30. The second kappa shape index (κ2) is 6.40. The maximum Gasteiger partial charge on any atom is 0.240 e. The van der Waals surface area contributed by atoms with Gasteiger partial charge in [-0.2, -0.15) is 0 Å². The van der Waals surface area contributed by atoms with Crippen molar-refractivity contribution in [1.29, 1.82) is 0 Å². The van der Waals surface area contributed by atoms with Crippen LogP contribution < -0.4 is 5.73 Å². The SMILES string of the molecule is CCN(Cc1cccc(Cl)c1)C(=O)[C@H](N)C(C)(C)C. The minimum absolute atomic E-state index is 0.0185. The smallest absolute Gasteiger partial charge is 0.240 e. The fraction of sp³-hybridized carbons (Fsp3) is 0.533. The summed E-state index contributed by atoms with van der Waals surface area (Å²) in [5.41, 5.74) is 6.82.